The van der Waals surface area contributed by atoms with E-state index in [1.165, 1.54) is 0 Å². The van der Waals surface area contributed by atoms with Crippen LogP contribution >= 0.6 is 10.6 Å². The number of ether oxygens (including phenoxy) is 2. The topological polar surface area (TPSA) is 137 Å². The maximum Gasteiger partial charge on any atom is 0.316 e. The number of carbonyl (C=O) groups is 1. The number of nitrogens with one attached hydrogen (secondary N) is 1. The van der Waals surface area contributed by atoms with Crippen molar-refractivity contribution >= 4 is 33.6 Å². The molecular weight excluding hydrogens is 472 g/mol. The summed E-state index contributed by atoms with van der Waals surface area (Å²) in [5, 5.41) is 12.8. The summed E-state index contributed by atoms with van der Waals surface area (Å²) in [4.78, 5) is 22.2. The van der Waals surface area contributed by atoms with E-state index in [2.05, 4.69) is 27.1 Å². The van der Waals surface area contributed by atoms with Crippen LogP contribution in [0.5, 0.6) is 6.01 Å². The van der Waals surface area contributed by atoms with E-state index >= 15 is 0 Å². The van der Waals surface area contributed by atoms with Crippen LogP contribution < -0.4 is 15.0 Å². The molecule has 0 spiro atoms. The molecule has 4 N–H and O–H groups in total. The summed E-state index contributed by atoms with van der Waals surface area (Å²) in [6.45, 7) is 5.43. The number of hydrogen-bond acceptors (Lipinski definition) is 9. The highest BCUT2D eigenvalue weighted by molar-refractivity contribution is 8.24. The molecule has 1 unspecified atom stereocenters. The van der Waals surface area contributed by atoms with E-state index in [9.17, 15) is 19.0 Å². The Kier molecular flexibility index (Phi) is 9.55. The largest absolute Gasteiger partial charge is 0.481 e. The predicted octanol–water partition coefficient (Wildman–Crippen LogP) is 4.56. The van der Waals surface area contributed by atoms with Gasteiger partial charge in [-0.1, -0.05) is 6.07 Å². The maximum atomic E-state index is 11.5. The third-order valence-electron chi connectivity index (χ3n) is 6.11. The standard InChI is InChI=1S/C24H36N4O6S/c1-4-28(20-8-10-35(31,32)11-9-20)22-7-6-17(18(16-33-3)13-23(29)30)12-21(22)27-19-14-25-24(26-15-19)34-5-2/h6-7,12,14-15,18,20,27,31-32H,4-5,8-11,13,16H2,1-3H3,(H,29,30). The Morgan fingerprint density at radius 3 is 2.49 bits per heavy atom. The van der Waals surface area contributed by atoms with E-state index in [1.807, 2.05) is 25.1 Å². The summed E-state index contributed by atoms with van der Waals surface area (Å²) in [5.41, 5.74) is 3.25. The first kappa shape index (κ1) is 27.0. The summed E-state index contributed by atoms with van der Waals surface area (Å²) >= 11 is 0. The molecule has 2 heterocycles. The molecule has 1 aliphatic heterocycles. The summed E-state index contributed by atoms with van der Waals surface area (Å²) < 4.78 is 30.8. The molecule has 35 heavy (non-hydrogen) atoms. The van der Waals surface area contributed by atoms with E-state index in [4.69, 9.17) is 9.47 Å². The fraction of sp³-hybridized carbons (Fsp3) is 0.542. The lowest BCUT2D eigenvalue weighted by molar-refractivity contribution is -0.137. The third-order valence-corrected chi connectivity index (χ3v) is 7.89. The van der Waals surface area contributed by atoms with Crippen LogP contribution in [-0.2, 0) is 9.53 Å². The highest BCUT2D eigenvalue weighted by atomic mass is 32.3. The van der Waals surface area contributed by atoms with Gasteiger partial charge < -0.3 is 24.8 Å². The van der Waals surface area contributed by atoms with Gasteiger partial charge in [-0.25, -0.2) is 9.97 Å². The molecule has 0 saturated carbocycles. The highest BCUT2D eigenvalue weighted by Crippen LogP contribution is 2.46. The lowest BCUT2D eigenvalue weighted by atomic mass is 9.95. The van der Waals surface area contributed by atoms with Crippen molar-refractivity contribution in [3.63, 3.8) is 0 Å². The quantitative estimate of drug-likeness (QED) is 0.323. The number of aromatic nitrogens is 2. The Bertz CT molecular complexity index is 965. The number of hydrogen-bond donors (Lipinski definition) is 4. The second kappa shape index (κ2) is 12.4. The first-order chi connectivity index (χ1) is 16.8. The van der Waals surface area contributed by atoms with E-state index in [1.54, 1.807) is 19.5 Å². The lowest BCUT2D eigenvalue weighted by Gasteiger charge is -2.44. The number of anilines is 3. The number of benzene rings is 1. The van der Waals surface area contributed by atoms with Crippen molar-refractivity contribution in [3.05, 3.63) is 36.2 Å². The fourth-order valence-electron chi connectivity index (χ4n) is 4.42. The first-order valence-electron chi connectivity index (χ1n) is 11.8. The minimum atomic E-state index is -2.48. The molecule has 0 radical (unpaired) electrons. The Balaban J connectivity index is 1.96. The molecule has 0 bridgehead atoms. The fourth-order valence-corrected chi connectivity index (χ4v) is 5.92. The average molecular weight is 509 g/mol. The molecule has 1 aromatic heterocycles. The van der Waals surface area contributed by atoms with Crippen LogP contribution in [-0.4, -0.2) is 74.6 Å². The smallest absolute Gasteiger partial charge is 0.316 e. The van der Waals surface area contributed by atoms with Gasteiger partial charge in [0.05, 0.1) is 49.1 Å². The molecule has 10 nitrogen and oxygen atoms in total. The number of rotatable bonds is 12. The second-order valence-corrected chi connectivity index (χ2v) is 11.0. The molecule has 11 heteroatoms. The van der Waals surface area contributed by atoms with E-state index in [-0.39, 0.29) is 25.0 Å². The van der Waals surface area contributed by atoms with Gasteiger partial charge in [0.1, 0.15) is 0 Å². The lowest BCUT2D eigenvalue weighted by Crippen LogP contribution is -2.40. The molecule has 1 aromatic carbocycles. The molecule has 1 aliphatic rings. The van der Waals surface area contributed by atoms with E-state index in [0.29, 0.717) is 42.7 Å². The minimum absolute atomic E-state index is 0.0449. The van der Waals surface area contributed by atoms with Crippen molar-refractivity contribution in [2.45, 2.75) is 45.1 Å². The van der Waals surface area contributed by atoms with Gasteiger partial charge in [0, 0.05) is 37.1 Å². The first-order valence-corrected chi connectivity index (χ1v) is 13.7. The monoisotopic (exact) mass is 508 g/mol. The summed E-state index contributed by atoms with van der Waals surface area (Å²) in [7, 11) is -0.922. The molecule has 1 saturated heterocycles. The molecule has 0 aliphatic carbocycles. The Morgan fingerprint density at radius 1 is 1.23 bits per heavy atom. The number of nitrogens with zero attached hydrogens (tertiary/aromatic N) is 3. The Labute approximate surface area is 208 Å². The van der Waals surface area contributed by atoms with Crippen molar-refractivity contribution in [2.75, 3.05) is 48.6 Å². The number of carboxylic acids is 1. The zero-order valence-corrected chi connectivity index (χ0v) is 21.3. The van der Waals surface area contributed by atoms with Crippen molar-refractivity contribution in [1.82, 2.24) is 9.97 Å². The van der Waals surface area contributed by atoms with Gasteiger partial charge in [0.15, 0.2) is 0 Å². The van der Waals surface area contributed by atoms with Crippen LogP contribution in [0.25, 0.3) is 0 Å². The van der Waals surface area contributed by atoms with Crippen LogP contribution in [0.1, 0.15) is 44.6 Å². The van der Waals surface area contributed by atoms with Crippen LogP contribution in [0.4, 0.5) is 17.1 Å². The Hall–Kier alpha value is -2.60. The molecule has 1 atom stereocenters. The normalized spacial score (nSPS) is 17.4. The van der Waals surface area contributed by atoms with Gasteiger partial charge in [0.25, 0.3) is 0 Å². The maximum absolute atomic E-state index is 11.5. The summed E-state index contributed by atoms with van der Waals surface area (Å²) in [6.07, 6.45) is 4.62. The van der Waals surface area contributed by atoms with Gasteiger partial charge in [-0.05, 0) is 44.4 Å². The van der Waals surface area contributed by atoms with Gasteiger partial charge in [-0.15, -0.1) is 0 Å². The van der Waals surface area contributed by atoms with Crippen LogP contribution in [0.2, 0.25) is 0 Å². The number of methoxy groups -OCH3 is 1. The average Bonchev–Trinajstić information content (AvgIpc) is 2.82. The van der Waals surface area contributed by atoms with Crippen LogP contribution in [0, 0.1) is 0 Å². The summed E-state index contributed by atoms with van der Waals surface area (Å²) in [5.74, 6) is -0.393. The van der Waals surface area contributed by atoms with Crippen molar-refractivity contribution in [1.29, 1.82) is 0 Å². The van der Waals surface area contributed by atoms with Gasteiger partial charge in [0.2, 0.25) is 0 Å². The third kappa shape index (κ3) is 7.44. The molecular formula is C24H36N4O6S. The van der Waals surface area contributed by atoms with Crippen LogP contribution in [0.3, 0.4) is 0 Å². The molecule has 194 valence electrons. The van der Waals surface area contributed by atoms with Crippen molar-refractivity contribution in [2.24, 2.45) is 0 Å². The Morgan fingerprint density at radius 2 is 1.91 bits per heavy atom. The minimum Gasteiger partial charge on any atom is -0.481 e. The molecule has 1 fully saturated rings. The van der Waals surface area contributed by atoms with Gasteiger partial charge in [-0.3, -0.25) is 13.9 Å². The molecule has 2 aromatic rings. The molecule has 3 rings (SSSR count). The van der Waals surface area contributed by atoms with Crippen molar-refractivity contribution < 1.29 is 28.5 Å². The van der Waals surface area contributed by atoms with Gasteiger partial charge >= 0.3 is 12.0 Å². The zero-order valence-electron chi connectivity index (χ0n) is 20.5. The SMILES string of the molecule is CCOc1ncc(Nc2cc(C(COC)CC(=O)O)ccc2N(CC)C2CCS(O)(O)CC2)cn1. The highest BCUT2D eigenvalue weighted by Gasteiger charge is 2.29. The van der Waals surface area contributed by atoms with Crippen molar-refractivity contribution in [3.8, 4) is 6.01 Å². The van der Waals surface area contributed by atoms with Crippen LogP contribution in [0.15, 0.2) is 30.6 Å². The summed E-state index contributed by atoms with van der Waals surface area (Å²) in [6, 6.07) is 6.35. The van der Waals surface area contributed by atoms with Gasteiger partial charge in [-0.2, -0.15) is 10.6 Å². The number of aliphatic carboxylic acids is 1. The van der Waals surface area contributed by atoms with E-state index < -0.39 is 16.6 Å². The predicted molar refractivity (Wildman–Crippen MR) is 138 cm³/mol. The molecule has 0 amide bonds. The number of carboxylic acid groups (broad SMARTS) is 1. The van der Waals surface area contributed by atoms with E-state index in [0.717, 1.165) is 23.5 Å². The second-order valence-electron chi connectivity index (χ2n) is 8.57. The zero-order chi connectivity index (χ0) is 25.4.